The van der Waals surface area contributed by atoms with Gasteiger partial charge >= 0.3 is 0 Å². The van der Waals surface area contributed by atoms with Crippen LogP contribution in [-0.4, -0.2) is 41.9 Å². The van der Waals surface area contributed by atoms with Crippen LogP contribution in [0, 0.1) is 0 Å². The van der Waals surface area contributed by atoms with Crippen molar-refractivity contribution in [3.63, 3.8) is 0 Å². The Balaban J connectivity index is 2.53. The summed E-state index contributed by atoms with van der Waals surface area (Å²) in [5.74, 6) is -0.0544. The smallest absolute Gasteiger partial charge is 0.239 e. The first-order chi connectivity index (χ1) is 10.0. The van der Waals surface area contributed by atoms with Crippen molar-refractivity contribution in [2.75, 3.05) is 19.6 Å². The molecule has 0 heterocycles. The van der Waals surface area contributed by atoms with Crippen LogP contribution in [0.3, 0.4) is 0 Å². The summed E-state index contributed by atoms with van der Waals surface area (Å²) in [6.45, 7) is 5.46. The van der Waals surface area contributed by atoms with Crippen LogP contribution in [0.4, 0.5) is 0 Å². The van der Waals surface area contributed by atoms with E-state index in [0.717, 1.165) is 38.5 Å². The molecule has 1 saturated carbocycles. The summed E-state index contributed by atoms with van der Waals surface area (Å²) in [7, 11) is 0. The highest BCUT2D eigenvalue weighted by Crippen LogP contribution is 2.29. The molecule has 0 aromatic heterocycles. The van der Waals surface area contributed by atoms with Gasteiger partial charge in [0.25, 0.3) is 0 Å². The second-order valence-electron chi connectivity index (χ2n) is 6.27. The molecule has 0 aromatic rings. The molecule has 0 unspecified atom stereocenters. The fraction of sp³-hybridized carbons (Fsp3) is 0.875. The van der Waals surface area contributed by atoms with Gasteiger partial charge in [-0.1, -0.05) is 33.1 Å². The summed E-state index contributed by atoms with van der Waals surface area (Å²) in [5, 5.41) is 2.83. The third-order valence-corrected chi connectivity index (χ3v) is 4.11. The van der Waals surface area contributed by atoms with E-state index in [4.69, 9.17) is 5.73 Å². The van der Waals surface area contributed by atoms with Gasteiger partial charge in [-0.25, -0.2) is 0 Å². The third-order valence-electron chi connectivity index (χ3n) is 4.11. The molecule has 0 radical (unpaired) electrons. The summed E-state index contributed by atoms with van der Waals surface area (Å²) in [6, 6.07) is 0. The van der Waals surface area contributed by atoms with Crippen molar-refractivity contribution in [2.45, 2.75) is 70.8 Å². The maximum Gasteiger partial charge on any atom is 0.239 e. The summed E-state index contributed by atoms with van der Waals surface area (Å²) in [4.78, 5) is 26.0. The monoisotopic (exact) mass is 297 g/mol. The molecule has 5 heteroatoms. The normalized spacial score (nSPS) is 17.3. The van der Waals surface area contributed by atoms with Crippen LogP contribution < -0.4 is 11.1 Å². The maximum absolute atomic E-state index is 12.5. The fourth-order valence-corrected chi connectivity index (χ4v) is 2.90. The predicted molar refractivity (Wildman–Crippen MR) is 84.8 cm³/mol. The highest BCUT2D eigenvalue weighted by atomic mass is 16.2. The average Bonchev–Trinajstić information content (AvgIpc) is 2.45. The molecule has 1 aliphatic rings. The minimum Gasteiger partial charge on any atom is -0.355 e. The van der Waals surface area contributed by atoms with Crippen molar-refractivity contribution < 1.29 is 9.59 Å². The van der Waals surface area contributed by atoms with E-state index in [1.807, 2.05) is 13.8 Å². The summed E-state index contributed by atoms with van der Waals surface area (Å²) >= 11 is 0. The lowest BCUT2D eigenvalue weighted by Gasteiger charge is -2.34. The molecule has 0 spiro atoms. The molecule has 0 aliphatic heterocycles. The minimum atomic E-state index is -0.360. The zero-order chi connectivity index (χ0) is 15.7. The Kier molecular flexibility index (Phi) is 7.72. The van der Waals surface area contributed by atoms with Crippen molar-refractivity contribution in [1.29, 1.82) is 0 Å². The molecule has 2 amide bonds. The highest BCUT2D eigenvalue weighted by Gasteiger charge is 2.32. The standard InChI is InChI=1S/C16H31N3O2/c1-3-10-18-14(20)13-19(11-4-2)15(21)12-16(17)8-6-5-7-9-16/h3-13,17H2,1-2H3,(H,18,20). The molecule has 0 bridgehead atoms. The van der Waals surface area contributed by atoms with Crippen LogP contribution in [0.2, 0.25) is 0 Å². The second-order valence-corrected chi connectivity index (χ2v) is 6.27. The van der Waals surface area contributed by atoms with Crippen molar-refractivity contribution in [1.82, 2.24) is 10.2 Å². The van der Waals surface area contributed by atoms with Crippen LogP contribution in [0.25, 0.3) is 0 Å². The molecule has 3 N–H and O–H groups in total. The summed E-state index contributed by atoms with van der Waals surface area (Å²) < 4.78 is 0. The molecule has 0 aromatic carbocycles. The van der Waals surface area contributed by atoms with E-state index in [0.29, 0.717) is 19.5 Å². The Morgan fingerprint density at radius 2 is 1.81 bits per heavy atom. The lowest BCUT2D eigenvalue weighted by Crippen LogP contribution is -2.49. The molecule has 21 heavy (non-hydrogen) atoms. The highest BCUT2D eigenvalue weighted by molar-refractivity contribution is 5.85. The molecule has 0 atom stereocenters. The van der Waals surface area contributed by atoms with E-state index in [1.54, 1.807) is 4.90 Å². The number of carbonyl (C=O) groups excluding carboxylic acids is 2. The second kappa shape index (κ2) is 9.03. The summed E-state index contributed by atoms with van der Waals surface area (Å²) in [5.41, 5.74) is 6.00. The van der Waals surface area contributed by atoms with E-state index >= 15 is 0 Å². The van der Waals surface area contributed by atoms with Gasteiger partial charge in [0.1, 0.15) is 0 Å². The molecule has 1 fully saturated rings. The lowest BCUT2D eigenvalue weighted by molar-refractivity contribution is -0.137. The van der Waals surface area contributed by atoms with Crippen LogP contribution in [0.5, 0.6) is 0 Å². The Labute approximate surface area is 128 Å². The van der Waals surface area contributed by atoms with E-state index in [9.17, 15) is 9.59 Å². The van der Waals surface area contributed by atoms with Gasteiger partial charge in [0.15, 0.2) is 0 Å². The fourth-order valence-electron chi connectivity index (χ4n) is 2.90. The van der Waals surface area contributed by atoms with E-state index in [2.05, 4.69) is 5.32 Å². The number of nitrogens with one attached hydrogen (secondary N) is 1. The lowest BCUT2D eigenvalue weighted by atomic mass is 9.80. The van der Waals surface area contributed by atoms with Gasteiger partial charge in [0.2, 0.25) is 11.8 Å². The van der Waals surface area contributed by atoms with Gasteiger partial charge in [-0.3, -0.25) is 9.59 Å². The molecule has 122 valence electrons. The first kappa shape index (κ1) is 18.0. The largest absolute Gasteiger partial charge is 0.355 e. The van der Waals surface area contributed by atoms with E-state index in [-0.39, 0.29) is 23.9 Å². The van der Waals surface area contributed by atoms with Crippen molar-refractivity contribution in [3.05, 3.63) is 0 Å². The van der Waals surface area contributed by atoms with E-state index < -0.39 is 0 Å². The van der Waals surface area contributed by atoms with Gasteiger partial charge in [-0.15, -0.1) is 0 Å². The summed E-state index contributed by atoms with van der Waals surface area (Å²) in [6.07, 6.45) is 7.38. The maximum atomic E-state index is 12.5. The quantitative estimate of drug-likeness (QED) is 0.717. The van der Waals surface area contributed by atoms with E-state index in [1.165, 1.54) is 6.42 Å². The topological polar surface area (TPSA) is 75.4 Å². The predicted octanol–water partition coefficient (Wildman–Crippen LogP) is 1.80. The van der Waals surface area contributed by atoms with Gasteiger partial charge in [-0.05, 0) is 25.7 Å². The van der Waals surface area contributed by atoms with Crippen molar-refractivity contribution >= 4 is 11.8 Å². The molecule has 1 rings (SSSR count). The van der Waals surface area contributed by atoms with Gasteiger partial charge in [0, 0.05) is 25.0 Å². The van der Waals surface area contributed by atoms with Gasteiger partial charge in [-0.2, -0.15) is 0 Å². The SMILES string of the molecule is CCCNC(=O)CN(CCC)C(=O)CC1(N)CCCCC1. The Hall–Kier alpha value is -1.10. The van der Waals surface area contributed by atoms with Gasteiger partial charge < -0.3 is 16.0 Å². The average molecular weight is 297 g/mol. The number of hydrogen-bond donors (Lipinski definition) is 2. The zero-order valence-corrected chi connectivity index (χ0v) is 13.6. The van der Waals surface area contributed by atoms with Crippen LogP contribution in [0.1, 0.15) is 65.2 Å². The Morgan fingerprint density at radius 1 is 1.14 bits per heavy atom. The molecule has 0 saturated heterocycles. The van der Waals surface area contributed by atoms with Crippen LogP contribution in [0.15, 0.2) is 0 Å². The number of rotatable bonds is 8. The molecular formula is C16H31N3O2. The number of nitrogens with two attached hydrogens (primary N) is 1. The number of hydrogen-bond acceptors (Lipinski definition) is 3. The van der Waals surface area contributed by atoms with Crippen LogP contribution >= 0.6 is 0 Å². The number of amides is 2. The molecule has 1 aliphatic carbocycles. The molecule has 5 nitrogen and oxygen atoms in total. The first-order valence-corrected chi connectivity index (χ1v) is 8.34. The number of carbonyl (C=O) groups is 2. The first-order valence-electron chi connectivity index (χ1n) is 8.34. The minimum absolute atomic E-state index is 0.0212. The molecular weight excluding hydrogens is 266 g/mol. The van der Waals surface area contributed by atoms with Crippen molar-refractivity contribution in [2.24, 2.45) is 5.73 Å². The third kappa shape index (κ3) is 6.46. The zero-order valence-electron chi connectivity index (χ0n) is 13.6. The van der Waals surface area contributed by atoms with Gasteiger partial charge in [0.05, 0.1) is 6.54 Å². The Morgan fingerprint density at radius 3 is 2.38 bits per heavy atom. The number of nitrogens with zero attached hydrogens (tertiary/aromatic N) is 1. The van der Waals surface area contributed by atoms with Crippen LogP contribution in [-0.2, 0) is 9.59 Å². The van der Waals surface area contributed by atoms with Crippen molar-refractivity contribution in [3.8, 4) is 0 Å². The Bertz CT molecular complexity index is 338.